The number of thioether (sulfide) groups is 1. The fraction of sp³-hybridized carbons (Fsp3) is 0.294. The first-order valence-corrected chi connectivity index (χ1v) is 7.91. The average Bonchev–Trinajstić information content (AvgIpc) is 2.49. The normalized spacial score (nSPS) is 12.4. The summed E-state index contributed by atoms with van der Waals surface area (Å²) < 4.78 is 25.2. The Balaban J connectivity index is 2.08. The number of hydrogen-bond acceptors (Lipinski definition) is 2. The summed E-state index contributed by atoms with van der Waals surface area (Å²) in [5, 5.41) is 3.40. The van der Waals surface area contributed by atoms with Gasteiger partial charge in [0.25, 0.3) is 5.76 Å². The molecular formula is C17H19F2NS. The topological polar surface area (TPSA) is 12.0 Å². The minimum absolute atomic E-state index is 0.229. The van der Waals surface area contributed by atoms with Crippen LogP contribution in [0.5, 0.6) is 0 Å². The average molecular weight is 307 g/mol. The molecule has 1 unspecified atom stereocenters. The van der Waals surface area contributed by atoms with E-state index in [1.54, 1.807) is 12.1 Å². The van der Waals surface area contributed by atoms with Crippen LogP contribution in [0.15, 0.2) is 59.5 Å². The van der Waals surface area contributed by atoms with Crippen LogP contribution >= 0.6 is 11.8 Å². The van der Waals surface area contributed by atoms with Crippen LogP contribution < -0.4 is 5.32 Å². The van der Waals surface area contributed by atoms with Gasteiger partial charge in [0, 0.05) is 16.6 Å². The first kappa shape index (κ1) is 15.8. The monoisotopic (exact) mass is 307 g/mol. The Morgan fingerprint density at radius 2 is 1.67 bits per heavy atom. The second-order valence-electron chi connectivity index (χ2n) is 4.81. The van der Waals surface area contributed by atoms with Gasteiger partial charge in [-0.25, -0.2) is 0 Å². The summed E-state index contributed by atoms with van der Waals surface area (Å²) in [6, 6.07) is 17.7. The maximum Gasteiger partial charge on any atom is 0.288 e. The first-order chi connectivity index (χ1) is 10.2. The molecule has 0 aliphatic heterocycles. The Bertz CT molecular complexity index is 545. The van der Waals surface area contributed by atoms with Crippen LogP contribution in [0.4, 0.5) is 14.5 Å². The van der Waals surface area contributed by atoms with Gasteiger partial charge in [0.05, 0.1) is 0 Å². The van der Waals surface area contributed by atoms with Crippen molar-refractivity contribution in [3.8, 4) is 0 Å². The zero-order valence-corrected chi connectivity index (χ0v) is 12.7. The summed E-state index contributed by atoms with van der Waals surface area (Å²) in [6.07, 6.45) is 1.81. The Morgan fingerprint density at radius 1 is 1.00 bits per heavy atom. The second kappa shape index (κ2) is 8.03. The molecule has 112 valence electrons. The standard InChI is InChI=1S/C17H19F2NS/c1-2-14(12-13-8-4-3-5-9-13)20-15-10-6-7-11-16(15)21-17(18)19/h3-11,14,17,20H,2,12H2,1H3. The smallest absolute Gasteiger partial charge is 0.288 e. The lowest BCUT2D eigenvalue weighted by molar-refractivity contribution is 0.252. The van der Waals surface area contributed by atoms with E-state index in [4.69, 9.17) is 0 Å². The molecule has 0 aromatic heterocycles. The molecule has 0 aliphatic carbocycles. The highest BCUT2D eigenvalue weighted by atomic mass is 32.2. The van der Waals surface area contributed by atoms with Gasteiger partial charge in [-0.3, -0.25) is 0 Å². The van der Waals surface area contributed by atoms with Crippen molar-refractivity contribution in [1.82, 2.24) is 0 Å². The summed E-state index contributed by atoms with van der Waals surface area (Å²) in [5.74, 6) is -2.40. The molecule has 0 bridgehead atoms. The SMILES string of the molecule is CCC(Cc1ccccc1)Nc1ccccc1SC(F)F. The third-order valence-electron chi connectivity index (χ3n) is 3.28. The van der Waals surface area contributed by atoms with Crippen LogP contribution in [0, 0.1) is 0 Å². The van der Waals surface area contributed by atoms with Crippen LogP contribution in [0.1, 0.15) is 18.9 Å². The molecule has 0 aliphatic rings. The van der Waals surface area contributed by atoms with Crippen molar-refractivity contribution in [2.24, 2.45) is 0 Å². The van der Waals surface area contributed by atoms with E-state index in [0.29, 0.717) is 16.7 Å². The minimum atomic E-state index is -2.40. The molecule has 21 heavy (non-hydrogen) atoms. The number of halogens is 2. The molecule has 0 heterocycles. The van der Waals surface area contributed by atoms with Crippen LogP contribution in [0.2, 0.25) is 0 Å². The summed E-state index contributed by atoms with van der Waals surface area (Å²) in [5.41, 5.74) is 2.03. The molecule has 1 N–H and O–H groups in total. The van der Waals surface area contributed by atoms with Crippen molar-refractivity contribution >= 4 is 17.4 Å². The molecule has 0 saturated heterocycles. The molecule has 2 aromatic rings. The summed E-state index contributed by atoms with van der Waals surface area (Å²) in [6.45, 7) is 2.10. The number of nitrogens with one attached hydrogen (secondary N) is 1. The Morgan fingerprint density at radius 3 is 2.33 bits per heavy atom. The Hall–Kier alpha value is -1.55. The molecule has 2 aromatic carbocycles. The molecule has 4 heteroatoms. The lowest BCUT2D eigenvalue weighted by Gasteiger charge is -2.20. The number of rotatable bonds is 7. The number of para-hydroxylation sites is 1. The predicted octanol–water partition coefficient (Wildman–Crippen LogP) is 5.43. The van der Waals surface area contributed by atoms with Gasteiger partial charge in [-0.15, -0.1) is 0 Å². The van der Waals surface area contributed by atoms with Gasteiger partial charge >= 0.3 is 0 Å². The van der Waals surface area contributed by atoms with E-state index < -0.39 is 5.76 Å². The quantitative estimate of drug-likeness (QED) is 0.684. The zero-order chi connectivity index (χ0) is 15.1. The van der Waals surface area contributed by atoms with E-state index in [-0.39, 0.29) is 6.04 Å². The van der Waals surface area contributed by atoms with Gasteiger partial charge < -0.3 is 5.32 Å². The number of alkyl halides is 2. The van der Waals surface area contributed by atoms with Gasteiger partial charge in [-0.2, -0.15) is 8.78 Å². The molecule has 0 spiro atoms. The zero-order valence-electron chi connectivity index (χ0n) is 11.9. The molecule has 0 saturated carbocycles. The van der Waals surface area contributed by atoms with Crippen LogP contribution in [-0.4, -0.2) is 11.8 Å². The van der Waals surface area contributed by atoms with E-state index in [2.05, 4.69) is 24.4 Å². The Kier molecular flexibility index (Phi) is 6.05. The summed E-state index contributed by atoms with van der Waals surface area (Å²) in [7, 11) is 0. The molecule has 0 radical (unpaired) electrons. The fourth-order valence-corrected chi connectivity index (χ4v) is 2.80. The molecule has 1 atom stereocenters. The van der Waals surface area contributed by atoms with Crippen LogP contribution in [-0.2, 0) is 6.42 Å². The van der Waals surface area contributed by atoms with E-state index in [0.717, 1.165) is 18.5 Å². The van der Waals surface area contributed by atoms with Gasteiger partial charge in [0.2, 0.25) is 0 Å². The highest BCUT2D eigenvalue weighted by molar-refractivity contribution is 7.99. The van der Waals surface area contributed by atoms with E-state index in [9.17, 15) is 8.78 Å². The maximum atomic E-state index is 12.6. The van der Waals surface area contributed by atoms with Gasteiger partial charge in [-0.1, -0.05) is 61.2 Å². The third-order valence-corrected chi connectivity index (χ3v) is 4.07. The van der Waals surface area contributed by atoms with Gasteiger partial charge in [0.1, 0.15) is 0 Å². The van der Waals surface area contributed by atoms with E-state index in [1.807, 2.05) is 30.3 Å². The van der Waals surface area contributed by atoms with E-state index in [1.165, 1.54) is 5.56 Å². The van der Waals surface area contributed by atoms with Crippen molar-refractivity contribution in [2.45, 2.75) is 36.5 Å². The lowest BCUT2D eigenvalue weighted by atomic mass is 10.0. The van der Waals surface area contributed by atoms with Crippen LogP contribution in [0.25, 0.3) is 0 Å². The summed E-state index contributed by atoms with van der Waals surface area (Å²) >= 11 is 0.588. The lowest BCUT2D eigenvalue weighted by Crippen LogP contribution is -2.21. The molecule has 2 rings (SSSR count). The van der Waals surface area contributed by atoms with Crippen molar-refractivity contribution < 1.29 is 8.78 Å². The van der Waals surface area contributed by atoms with Crippen molar-refractivity contribution in [1.29, 1.82) is 0 Å². The van der Waals surface area contributed by atoms with E-state index >= 15 is 0 Å². The van der Waals surface area contributed by atoms with Crippen LogP contribution in [0.3, 0.4) is 0 Å². The fourth-order valence-electron chi connectivity index (χ4n) is 2.20. The van der Waals surface area contributed by atoms with Crippen molar-refractivity contribution in [2.75, 3.05) is 5.32 Å². The third kappa shape index (κ3) is 5.05. The number of hydrogen-bond donors (Lipinski definition) is 1. The van der Waals surface area contributed by atoms with Gasteiger partial charge in [-0.05, 0) is 30.5 Å². The highest BCUT2D eigenvalue weighted by Crippen LogP contribution is 2.32. The highest BCUT2D eigenvalue weighted by Gasteiger charge is 2.13. The number of anilines is 1. The molecule has 1 nitrogen and oxygen atoms in total. The van der Waals surface area contributed by atoms with Crippen molar-refractivity contribution in [3.63, 3.8) is 0 Å². The second-order valence-corrected chi connectivity index (χ2v) is 5.85. The van der Waals surface area contributed by atoms with Gasteiger partial charge in [0.15, 0.2) is 0 Å². The predicted molar refractivity (Wildman–Crippen MR) is 86.2 cm³/mol. The summed E-state index contributed by atoms with van der Waals surface area (Å²) in [4.78, 5) is 0.596. The van der Waals surface area contributed by atoms with Crippen molar-refractivity contribution in [3.05, 3.63) is 60.2 Å². The first-order valence-electron chi connectivity index (χ1n) is 7.03. The molecule has 0 fully saturated rings. The maximum absolute atomic E-state index is 12.6. The minimum Gasteiger partial charge on any atom is -0.381 e. The molecule has 0 amide bonds. The largest absolute Gasteiger partial charge is 0.381 e. The molecular weight excluding hydrogens is 288 g/mol. The number of benzene rings is 2. The Labute approximate surface area is 128 Å².